The summed E-state index contributed by atoms with van der Waals surface area (Å²) in [5.74, 6) is -0.781. The van der Waals surface area contributed by atoms with Crippen molar-refractivity contribution < 1.29 is 14.3 Å². The van der Waals surface area contributed by atoms with Gasteiger partial charge < -0.3 is 9.64 Å². The first-order valence-corrected chi connectivity index (χ1v) is 8.86. The van der Waals surface area contributed by atoms with Gasteiger partial charge in [0.05, 0.1) is 5.56 Å². The Kier molecular flexibility index (Phi) is 5.43. The fourth-order valence-electron chi connectivity index (χ4n) is 3.05. The molecule has 5 heteroatoms. The normalized spacial score (nSPS) is 18.8. The second-order valence-electron chi connectivity index (χ2n) is 6.33. The molecule has 0 spiro atoms. The fourth-order valence-corrected chi connectivity index (χ4v) is 3.18. The lowest BCUT2D eigenvalue weighted by Crippen LogP contribution is -2.33. The SMILES string of the molecule is CC1C=CC(C)N1c1ccc(C(=O)OCC(=O)c2ccc(Cl)cc2)cc1. The number of ketones is 1. The molecule has 0 saturated carbocycles. The summed E-state index contributed by atoms with van der Waals surface area (Å²) in [6.07, 6.45) is 4.32. The van der Waals surface area contributed by atoms with Crippen LogP contribution >= 0.6 is 11.6 Å². The minimum absolute atomic E-state index is 0.266. The summed E-state index contributed by atoms with van der Waals surface area (Å²) in [4.78, 5) is 26.5. The van der Waals surface area contributed by atoms with Gasteiger partial charge in [-0.15, -0.1) is 0 Å². The van der Waals surface area contributed by atoms with Gasteiger partial charge in [-0.25, -0.2) is 4.79 Å². The number of nitrogens with zero attached hydrogens (tertiary/aromatic N) is 1. The van der Waals surface area contributed by atoms with Crippen LogP contribution in [-0.2, 0) is 4.74 Å². The number of ether oxygens (including phenoxy) is 1. The van der Waals surface area contributed by atoms with Crippen LogP contribution in [0.4, 0.5) is 5.69 Å². The van der Waals surface area contributed by atoms with Gasteiger partial charge in [-0.3, -0.25) is 4.79 Å². The van der Waals surface area contributed by atoms with Crippen LogP contribution in [-0.4, -0.2) is 30.4 Å². The Morgan fingerprint density at radius 1 is 0.923 bits per heavy atom. The molecule has 0 aliphatic carbocycles. The molecular formula is C21H20ClNO3. The second-order valence-corrected chi connectivity index (χ2v) is 6.76. The number of halogens is 1. The zero-order valence-electron chi connectivity index (χ0n) is 14.7. The Balaban J connectivity index is 1.60. The fraction of sp³-hybridized carbons (Fsp3) is 0.238. The molecule has 0 radical (unpaired) electrons. The molecule has 1 heterocycles. The van der Waals surface area contributed by atoms with Crippen LogP contribution in [0, 0.1) is 0 Å². The average molecular weight is 370 g/mol. The van der Waals surface area contributed by atoms with Gasteiger partial charge in [0.1, 0.15) is 0 Å². The zero-order chi connectivity index (χ0) is 18.7. The van der Waals surface area contributed by atoms with Crippen LogP contribution < -0.4 is 4.90 Å². The predicted molar refractivity (Wildman–Crippen MR) is 103 cm³/mol. The van der Waals surface area contributed by atoms with E-state index >= 15 is 0 Å². The number of hydrogen-bond acceptors (Lipinski definition) is 4. The first kappa shape index (κ1) is 18.2. The van der Waals surface area contributed by atoms with Gasteiger partial charge >= 0.3 is 5.97 Å². The lowest BCUT2D eigenvalue weighted by molar-refractivity contribution is 0.0475. The maximum absolute atomic E-state index is 12.2. The third-order valence-corrected chi connectivity index (χ3v) is 4.70. The van der Waals surface area contributed by atoms with Crippen LogP contribution in [0.3, 0.4) is 0 Å². The number of carbonyl (C=O) groups is 2. The van der Waals surface area contributed by atoms with E-state index in [2.05, 4.69) is 30.9 Å². The summed E-state index contributed by atoms with van der Waals surface area (Å²) >= 11 is 5.80. The molecule has 1 aliphatic rings. The van der Waals surface area contributed by atoms with E-state index in [1.54, 1.807) is 36.4 Å². The molecule has 1 aliphatic heterocycles. The van der Waals surface area contributed by atoms with Crippen LogP contribution in [0.2, 0.25) is 5.02 Å². The first-order valence-electron chi connectivity index (χ1n) is 8.48. The highest BCUT2D eigenvalue weighted by Crippen LogP contribution is 2.26. The van der Waals surface area contributed by atoms with E-state index in [4.69, 9.17) is 16.3 Å². The third-order valence-electron chi connectivity index (χ3n) is 4.45. The van der Waals surface area contributed by atoms with Gasteiger partial charge in [0.2, 0.25) is 0 Å². The Morgan fingerprint density at radius 3 is 2.04 bits per heavy atom. The number of carbonyl (C=O) groups excluding carboxylic acids is 2. The van der Waals surface area contributed by atoms with Crippen molar-refractivity contribution in [2.75, 3.05) is 11.5 Å². The van der Waals surface area contributed by atoms with Gasteiger partial charge in [0, 0.05) is 28.4 Å². The maximum atomic E-state index is 12.2. The Hall–Kier alpha value is -2.59. The summed E-state index contributed by atoms with van der Waals surface area (Å²) in [6, 6.07) is 14.4. The first-order chi connectivity index (χ1) is 12.5. The van der Waals surface area contributed by atoms with E-state index in [9.17, 15) is 9.59 Å². The zero-order valence-corrected chi connectivity index (χ0v) is 15.4. The van der Waals surface area contributed by atoms with Crippen LogP contribution in [0.25, 0.3) is 0 Å². The lowest BCUT2D eigenvalue weighted by atomic mass is 10.1. The standard InChI is InChI=1S/C21H20ClNO3/c1-14-3-4-15(2)23(14)19-11-7-17(8-12-19)21(25)26-13-20(24)16-5-9-18(22)10-6-16/h3-12,14-15H,13H2,1-2H3. The lowest BCUT2D eigenvalue weighted by Gasteiger charge is -2.29. The number of anilines is 1. The summed E-state index contributed by atoms with van der Waals surface area (Å²) < 4.78 is 5.13. The van der Waals surface area contributed by atoms with Crippen molar-refractivity contribution in [1.29, 1.82) is 0 Å². The van der Waals surface area contributed by atoms with E-state index in [0.29, 0.717) is 28.2 Å². The van der Waals surface area contributed by atoms with Crippen molar-refractivity contribution in [3.63, 3.8) is 0 Å². The monoisotopic (exact) mass is 369 g/mol. The third kappa shape index (κ3) is 3.97. The Labute approximate surface area is 158 Å². The van der Waals surface area contributed by atoms with Gasteiger partial charge in [0.15, 0.2) is 12.4 Å². The molecule has 3 rings (SSSR count). The van der Waals surface area contributed by atoms with E-state index in [1.165, 1.54) is 0 Å². The van der Waals surface area contributed by atoms with Gasteiger partial charge in [-0.2, -0.15) is 0 Å². The smallest absolute Gasteiger partial charge is 0.338 e. The van der Waals surface area contributed by atoms with Crippen LogP contribution in [0.5, 0.6) is 0 Å². The molecule has 0 amide bonds. The quantitative estimate of drug-likeness (QED) is 0.441. The summed E-state index contributed by atoms with van der Waals surface area (Å²) in [5, 5.41) is 0.551. The second kappa shape index (κ2) is 7.75. The van der Waals surface area contributed by atoms with E-state index in [1.807, 2.05) is 12.1 Å². The highest BCUT2D eigenvalue weighted by Gasteiger charge is 2.22. The van der Waals surface area contributed by atoms with Crippen LogP contribution in [0.1, 0.15) is 34.6 Å². The molecule has 4 nitrogen and oxygen atoms in total. The highest BCUT2D eigenvalue weighted by atomic mass is 35.5. The topological polar surface area (TPSA) is 46.6 Å². The van der Waals surface area contributed by atoms with Crippen LogP contribution in [0.15, 0.2) is 60.7 Å². The van der Waals surface area contributed by atoms with Crippen molar-refractivity contribution in [1.82, 2.24) is 0 Å². The van der Waals surface area contributed by atoms with Crippen molar-refractivity contribution >= 4 is 29.0 Å². The molecule has 0 saturated heterocycles. The molecular weight excluding hydrogens is 350 g/mol. The Bertz CT molecular complexity index is 815. The number of hydrogen-bond donors (Lipinski definition) is 0. The number of benzene rings is 2. The van der Waals surface area contributed by atoms with E-state index < -0.39 is 5.97 Å². The highest BCUT2D eigenvalue weighted by molar-refractivity contribution is 6.30. The molecule has 0 N–H and O–H groups in total. The number of esters is 1. The minimum Gasteiger partial charge on any atom is -0.454 e. The number of Topliss-reactive ketones (excluding diaryl/α,β-unsaturated/α-hetero) is 1. The van der Waals surface area contributed by atoms with E-state index in [-0.39, 0.29) is 12.4 Å². The van der Waals surface area contributed by atoms with Crippen molar-refractivity contribution in [3.8, 4) is 0 Å². The maximum Gasteiger partial charge on any atom is 0.338 e. The van der Waals surface area contributed by atoms with Gasteiger partial charge in [0.25, 0.3) is 0 Å². The molecule has 26 heavy (non-hydrogen) atoms. The summed E-state index contributed by atoms with van der Waals surface area (Å²) in [5.41, 5.74) is 1.93. The van der Waals surface area contributed by atoms with Gasteiger partial charge in [-0.1, -0.05) is 23.8 Å². The van der Waals surface area contributed by atoms with E-state index in [0.717, 1.165) is 5.69 Å². The largest absolute Gasteiger partial charge is 0.454 e. The molecule has 2 unspecified atom stereocenters. The molecule has 2 atom stereocenters. The van der Waals surface area contributed by atoms with Crippen molar-refractivity contribution in [2.24, 2.45) is 0 Å². The number of rotatable bonds is 5. The molecule has 134 valence electrons. The Morgan fingerprint density at radius 2 is 1.46 bits per heavy atom. The molecule has 0 bridgehead atoms. The predicted octanol–water partition coefficient (Wildman–Crippen LogP) is 4.53. The van der Waals surface area contributed by atoms with Crippen molar-refractivity contribution in [2.45, 2.75) is 25.9 Å². The molecule has 2 aromatic carbocycles. The molecule has 2 aromatic rings. The molecule has 0 aromatic heterocycles. The van der Waals surface area contributed by atoms with Crippen molar-refractivity contribution in [3.05, 3.63) is 76.8 Å². The summed E-state index contributed by atoms with van der Waals surface area (Å²) in [7, 11) is 0. The summed E-state index contributed by atoms with van der Waals surface area (Å²) in [6.45, 7) is 3.96. The minimum atomic E-state index is -0.514. The van der Waals surface area contributed by atoms with Gasteiger partial charge in [-0.05, 0) is 62.4 Å². The molecule has 0 fully saturated rings. The average Bonchev–Trinajstić information content (AvgIpc) is 2.98.